The Kier molecular flexibility index (Phi) is 3.29. The molecule has 0 atom stereocenters. The highest BCUT2D eigenvalue weighted by Gasteiger charge is 2.07. The van der Waals surface area contributed by atoms with Gasteiger partial charge in [-0.3, -0.25) is 0 Å². The molecular weight excluding hydrogens is 229 g/mol. The molecule has 3 heteroatoms. The Hall–Kier alpha value is -2.34. The Morgan fingerprint density at radius 3 is 2.56 bits per heavy atom. The number of halogens is 1. The lowest BCUT2D eigenvalue weighted by Crippen LogP contribution is -1.92. The highest BCUT2D eigenvalue weighted by molar-refractivity contribution is 5.48. The van der Waals surface area contributed by atoms with Gasteiger partial charge in [-0.05, 0) is 43.2 Å². The third kappa shape index (κ3) is 2.49. The minimum atomic E-state index is -0.360. The molecule has 0 radical (unpaired) electrons. The molecule has 2 aromatic carbocycles. The summed E-state index contributed by atoms with van der Waals surface area (Å²) in [4.78, 5) is 0. The number of aryl methyl sites for hydroxylation is 2. The fourth-order valence-corrected chi connectivity index (χ4v) is 1.62. The van der Waals surface area contributed by atoms with Crippen molar-refractivity contribution >= 4 is 0 Å². The normalized spacial score (nSPS) is 9.89. The van der Waals surface area contributed by atoms with Gasteiger partial charge in [-0.25, -0.2) is 4.39 Å². The molecule has 0 aromatic heterocycles. The van der Waals surface area contributed by atoms with Crippen LogP contribution in [0.5, 0.6) is 11.5 Å². The average Bonchev–Trinajstić information content (AvgIpc) is 2.36. The first-order valence-corrected chi connectivity index (χ1v) is 5.55. The molecule has 0 unspecified atom stereocenters. The summed E-state index contributed by atoms with van der Waals surface area (Å²) in [6.45, 7) is 3.73. The van der Waals surface area contributed by atoms with Gasteiger partial charge in [0.05, 0.1) is 5.56 Å². The molecule has 0 N–H and O–H groups in total. The molecule has 0 saturated heterocycles. The van der Waals surface area contributed by atoms with Crippen LogP contribution in [0, 0.1) is 31.0 Å². The van der Waals surface area contributed by atoms with Gasteiger partial charge in [0, 0.05) is 6.07 Å². The van der Waals surface area contributed by atoms with Crippen LogP contribution in [-0.4, -0.2) is 0 Å². The van der Waals surface area contributed by atoms with E-state index in [0.717, 1.165) is 11.1 Å². The summed E-state index contributed by atoms with van der Waals surface area (Å²) < 4.78 is 18.8. The van der Waals surface area contributed by atoms with Crippen LogP contribution in [0.3, 0.4) is 0 Å². The van der Waals surface area contributed by atoms with Gasteiger partial charge in [0.15, 0.2) is 0 Å². The zero-order chi connectivity index (χ0) is 13.1. The van der Waals surface area contributed by atoms with Gasteiger partial charge >= 0.3 is 0 Å². The topological polar surface area (TPSA) is 33.0 Å². The fourth-order valence-electron chi connectivity index (χ4n) is 1.62. The molecule has 2 nitrogen and oxygen atoms in total. The third-order valence-corrected chi connectivity index (χ3v) is 2.63. The number of benzene rings is 2. The number of nitrogens with zero attached hydrogens (tertiary/aromatic N) is 1. The largest absolute Gasteiger partial charge is 0.456 e. The third-order valence-electron chi connectivity index (χ3n) is 2.63. The number of hydrogen-bond donors (Lipinski definition) is 0. The van der Waals surface area contributed by atoms with Crippen molar-refractivity contribution in [2.75, 3.05) is 0 Å². The fraction of sp³-hybridized carbons (Fsp3) is 0.133. The molecular formula is C15H12FNO. The Morgan fingerprint density at radius 1 is 1.06 bits per heavy atom. The van der Waals surface area contributed by atoms with Gasteiger partial charge in [0.2, 0.25) is 0 Å². The van der Waals surface area contributed by atoms with Crippen molar-refractivity contribution in [2.45, 2.75) is 13.8 Å². The maximum absolute atomic E-state index is 13.2. The lowest BCUT2D eigenvalue weighted by Gasteiger charge is -2.10. The predicted octanol–water partition coefficient (Wildman–Crippen LogP) is 4.11. The summed E-state index contributed by atoms with van der Waals surface area (Å²) in [5.41, 5.74) is 2.24. The van der Waals surface area contributed by atoms with Crippen LogP contribution >= 0.6 is 0 Å². The second kappa shape index (κ2) is 4.89. The van der Waals surface area contributed by atoms with E-state index in [-0.39, 0.29) is 5.82 Å². The summed E-state index contributed by atoms with van der Waals surface area (Å²) in [6.07, 6.45) is 0. The Balaban J connectivity index is 2.40. The molecule has 18 heavy (non-hydrogen) atoms. The van der Waals surface area contributed by atoms with Crippen molar-refractivity contribution in [1.82, 2.24) is 0 Å². The van der Waals surface area contributed by atoms with E-state index in [1.54, 1.807) is 18.2 Å². The molecule has 0 spiro atoms. The predicted molar refractivity (Wildman–Crippen MR) is 67.1 cm³/mol. The minimum Gasteiger partial charge on any atom is -0.456 e. The quantitative estimate of drug-likeness (QED) is 0.792. The van der Waals surface area contributed by atoms with Gasteiger partial charge in [-0.15, -0.1) is 0 Å². The molecule has 0 bridgehead atoms. The van der Waals surface area contributed by atoms with Crippen molar-refractivity contribution in [2.24, 2.45) is 0 Å². The highest BCUT2D eigenvalue weighted by Crippen LogP contribution is 2.28. The molecule has 0 aliphatic carbocycles. The van der Waals surface area contributed by atoms with E-state index in [0.29, 0.717) is 17.1 Å². The van der Waals surface area contributed by atoms with Crippen molar-refractivity contribution in [3.63, 3.8) is 0 Å². The van der Waals surface area contributed by atoms with Crippen LogP contribution < -0.4 is 4.74 Å². The van der Waals surface area contributed by atoms with Crippen LogP contribution in [0.2, 0.25) is 0 Å². The smallest absolute Gasteiger partial charge is 0.145 e. The van der Waals surface area contributed by atoms with Crippen LogP contribution in [0.4, 0.5) is 4.39 Å². The van der Waals surface area contributed by atoms with Crippen LogP contribution in [0.15, 0.2) is 36.4 Å². The number of hydrogen-bond acceptors (Lipinski definition) is 2. The Labute approximate surface area is 105 Å². The second-order valence-electron chi connectivity index (χ2n) is 4.12. The first kappa shape index (κ1) is 12.1. The summed E-state index contributed by atoms with van der Waals surface area (Å²) in [7, 11) is 0. The Bertz CT molecular complexity index is 629. The Morgan fingerprint density at radius 2 is 1.83 bits per heavy atom. The van der Waals surface area contributed by atoms with Crippen LogP contribution in [0.25, 0.3) is 0 Å². The molecule has 90 valence electrons. The van der Waals surface area contributed by atoms with E-state index in [1.165, 1.54) is 12.1 Å². The first-order chi connectivity index (χ1) is 8.60. The summed E-state index contributed by atoms with van der Waals surface area (Å²) in [5.74, 6) is 0.508. The van der Waals surface area contributed by atoms with Gasteiger partial charge in [0.25, 0.3) is 0 Å². The highest BCUT2D eigenvalue weighted by atomic mass is 19.1. The van der Waals surface area contributed by atoms with Crippen molar-refractivity contribution < 1.29 is 9.13 Å². The molecule has 2 rings (SSSR count). The summed E-state index contributed by atoms with van der Waals surface area (Å²) in [5, 5.41) is 9.04. The molecule has 2 aromatic rings. The maximum atomic E-state index is 13.2. The standard InChI is InChI=1S/C15H12FNO/c1-10-3-6-14(12(7-10)9-17)18-15-8-13(16)5-4-11(15)2/h3-8H,1-2H3. The summed E-state index contributed by atoms with van der Waals surface area (Å²) in [6, 6.07) is 11.7. The molecule has 0 saturated carbocycles. The number of ether oxygens (including phenoxy) is 1. The minimum absolute atomic E-state index is 0.360. The van der Waals surface area contributed by atoms with Crippen molar-refractivity contribution in [3.05, 3.63) is 58.9 Å². The molecule has 0 aliphatic rings. The second-order valence-corrected chi connectivity index (χ2v) is 4.12. The van der Waals surface area contributed by atoms with Crippen LogP contribution in [-0.2, 0) is 0 Å². The van der Waals surface area contributed by atoms with Gasteiger partial charge in [-0.2, -0.15) is 5.26 Å². The monoisotopic (exact) mass is 241 g/mol. The average molecular weight is 241 g/mol. The van der Waals surface area contributed by atoms with Gasteiger partial charge in [0.1, 0.15) is 23.4 Å². The van der Waals surface area contributed by atoms with E-state index in [1.807, 2.05) is 19.9 Å². The van der Waals surface area contributed by atoms with Crippen molar-refractivity contribution in [3.8, 4) is 17.6 Å². The van der Waals surface area contributed by atoms with E-state index < -0.39 is 0 Å². The van der Waals surface area contributed by atoms with Crippen LogP contribution in [0.1, 0.15) is 16.7 Å². The van der Waals surface area contributed by atoms with E-state index in [4.69, 9.17) is 10.00 Å². The molecule has 0 amide bonds. The molecule has 0 fully saturated rings. The molecule has 0 heterocycles. The number of nitriles is 1. The number of rotatable bonds is 2. The van der Waals surface area contributed by atoms with E-state index in [9.17, 15) is 4.39 Å². The zero-order valence-corrected chi connectivity index (χ0v) is 10.2. The lowest BCUT2D eigenvalue weighted by molar-refractivity contribution is 0.471. The summed E-state index contributed by atoms with van der Waals surface area (Å²) >= 11 is 0. The lowest BCUT2D eigenvalue weighted by atomic mass is 10.1. The van der Waals surface area contributed by atoms with Gasteiger partial charge in [-0.1, -0.05) is 12.1 Å². The van der Waals surface area contributed by atoms with Crippen molar-refractivity contribution in [1.29, 1.82) is 5.26 Å². The molecule has 0 aliphatic heterocycles. The maximum Gasteiger partial charge on any atom is 0.145 e. The first-order valence-electron chi connectivity index (χ1n) is 5.55. The van der Waals surface area contributed by atoms with E-state index >= 15 is 0 Å². The van der Waals surface area contributed by atoms with Gasteiger partial charge < -0.3 is 4.74 Å². The SMILES string of the molecule is Cc1ccc(Oc2cc(F)ccc2C)c(C#N)c1. The van der Waals surface area contributed by atoms with E-state index in [2.05, 4.69) is 6.07 Å². The zero-order valence-electron chi connectivity index (χ0n) is 10.2.